The van der Waals surface area contributed by atoms with E-state index < -0.39 is 11.4 Å². The molecule has 1 saturated heterocycles. The Morgan fingerprint density at radius 1 is 1.23 bits per heavy atom. The van der Waals surface area contributed by atoms with Crippen LogP contribution in [0.5, 0.6) is 0 Å². The highest BCUT2D eigenvalue weighted by atomic mass is 32.2. The molecule has 6 heteroatoms. The minimum atomic E-state index is -1.13. The molecule has 0 radical (unpaired) electrons. The van der Waals surface area contributed by atoms with Crippen LogP contribution in [0.4, 0.5) is 5.82 Å². The summed E-state index contributed by atoms with van der Waals surface area (Å²) in [5.74, 6) is 0.889. The maximum atomic E-state index is 13.0. The second-order valence-electron chi connectivity index (χ2n) is 9.62. The van der Waals surface area contributed by atoms with Crippen molar-refractivity contribution in [1.82, 2.24) is 9.71 Å². The highest BCUT2D eigenvalue weighted by Crippen LogP contribution is 2.52. The Bertz CT molecular complexity index is 970. The number of aromatic nitrogens is 1. The van der Waals surface area contributed by atoms with Crippen molar-refractivity contribution in [3.8, 4) is 6.07 Å². The van der Waals surface area contributed by atoms with Crippen molar-refractivity contribution >= 4 is 17.2 Å². The number of nitrogens with zero attached hydrogens (tertiary/aromatic N) is 3. The van der Waals surface area contributed by atoms with Crippen LogP contribution in [0.3, 0.4) is 0 Å². The summed E-state index contributed by atoms with van der Waals surface area (Å²) in [7, 11) is 0. The molecule has 1 aliphatic carbocycles. The third kappa shape index (κ3) is 3.94. The van der Waals surface area contributed by atoms with E-state index in [1.807, 2.05) is 39.8 Å². The molecular weight excluding hydrogens is 392 g/mol. The van der Waals surface area contributed by atoms with Crippen LogP contribution in [0.2, 0.25) is 0 Å². The molecule has 2 atom stereocenters. The summed E-state index contributed by atoms with van der Waals surface area (Å²) in [5.41, 5.74) is 4.26. The fourth-order valence-corrected chi connectivity index (χ4v) is 5.73. The van der Waals surface area contributed by atoms with Crippen LogP contribution < -0.4 is 9.62 Å². The average molecular weight is 423 g/mol. The summed E-state index contributed by atoms with van der Waals surface area (Å²) in [6.07, 6.45) is 3.01. The van der Waals surface area contributed by atoms with Crippen LogP contribution in [0, 0.1) is 23.7 Å². The zero-order chi connectivity index (χ0) is 21.5. The lowest BCUT2D eigenvalue weighted by Crippen LogP contribution is -2.49. The van der Waals surface area contributed by atoms with Crippen LogP contribution in [0.1, 0.15) is 62.0 Å². The molecule has 1 fully saturated rings. The number of hydrogen-bond acceptors (Lipinski definition) is 5. The third-order valence-corrected chi connectivity index (χ3v) is 8.02. The first-order valence-electron chi connectivity index (χ1n) is 10.6. The molecule has 0 unspecified atom stereocenters. The largest absolute Gasteiger partial charge is 0.598 e. The molecule has 1 spiro atoms. The average Bonchev–Trinajstić information content (AvgIpc) is 3.00. The van der Waals surface area contributed by atoms with Crippen molar-refractivity contribution in [1.29, 1.82) is 5.26 Å². The number of piperidine rings is 1. The van der Waals surface area contributed by atoms with Gasteiger partial charge in [-0.3, -0.25) is 0 Å². The molecule has 2 heterocycles. The predicted molar refractivity (Wildman–Crippen MR) is 121 cm³/mol. The third-order valence-electron chi connectivity index (χ3n) is 6.45. The summed E-state index contributed by atoms with van der Waals surface area (Å²) in [6, 6.07) is 14.6. The molecule has 0 saturated carbocycles. The van der Waals surface area contributed by atoms with Gasteiger partial charge in [-0.15, -0.1) is 4.72 Å². The molecule has 1 aliphatic heterocycles. The molecule has 30 heavy (non-hydrogen) atoms. The molecule has 0 bridgehead atoms. The highest BCUT2D eigenvalue weighted by molar-refractivity contribution is 7.90. The zero-order valence-electron chi connectivity index (χ0n) is 18.2. The van der Waals surface area contributed by atoms with Gasteiger partial charge in [0.2, 0.25) is 0 Å². The number of anilines is 1. The fourth-order valence-electron chi connectivity index (χ4n) is 4.78. The maximum absolute atomic E-state index is 13.0. The van der Waals surface area contributed by atoms with Crippen LogP contribution in [-0.4, -0.2) is 27.4 Å². The molecule has 2 aliphatic rings. The minimum Gasteiger partial charge on any atom is -0.598 e. The minimum absolute atomic E-state index is 0.0585. The Morgan fingerprint density at radius 3 is 2.60 bits per heavy atom. The van der Waals surface area contributed by atoms with Gasteiger partial charge < -0.3 is 9.45 Å². The lowest BCUT2D eigenvalue weighted by atomic mass is 9.73. The summed E-state index contributed by atoms with van der Waals surface area (Å²) in [4.78, 5) is 6.96. The van der Waals surface area contributed by atoms with Gasteiger partial charge in [0.1, 0.15) is 10.6 Å². The number of nitrogens with one attached hydrogen (secondary N) is 1. The van der Waals surface area contributed by atoms with E-state index >= 15 is 0 Å². The quantitative estimate of drug-likeness (QED) is 0.751. The van der Waals surface area contributed by atoms with E-state index in [4.69, 9.17) is 0 Å². The number of aryl methyl sites for hydroxylation is 1. The van der Waals surface area contributed by atoms with Gasteiger partial charge in [-0.2, -0.15) is 5.26 Å². The first kappa shape index (κ1) is 21.2. The van der Waals surface area contributed by atoms with Gasteiger partial charge in [0.05, 0.1) is 17.7 Å². The number of pyridine rings is 1. The summed E-state index contributed by atoms with van der Waals surface area (Å²) in [6.45, 7) is 9.75. The maximum Gasteiger partial charge on any atom is 0.136 e. The van der Waals surface area contributed by atoms with Crippen molar-refractivity contribution < 1.29 is 4.55 Å². The summed E-state index contributed by atoms with van der Waals surface area (Å²) >= 11 is -1.13. The summed E-state index contributed by atoms with van der Waals surface area (Å²) < 4.78 is 16.2. The van der Waals surface area contributed by atoms with Crippen molar-refractivity contribution in [2.45, 2.75) is 57.7 Å². The second kappa shape index (κ2) is 7.88. The standard InChI is InChI=1S/C24H30N4OS/c1-17-13-18(16-25)14-21(26-17)28-11-9-24(10-12-28)15-19-7-5-6-8-20(19)22(24)27-30(29)23(2,3)4/h5-8,13-14,22,27H,9-12,15H2,1-4H3/t22-,30-/m1/s1. The normalized spacial score (nSPS) is 21.3. The van der Waals surface area contributed by atoms with E-state index in [0.29, 0.717) is 5.56 Å². The van der Waals surface area contributed by atoms with E-state index in [1.165, 1.54) is 11.1 Å². The van der Waals surface area contributed by atoms with Crippen molar-refractivity contribution in [2.24, 2.45) is 5.41 Å². The molecule has 1 aromatic heterocycles. The van der Waals surface area contributed by atoms with Gasteiger partial charge in [0.15, 0.2) is 0 Å². The highest BCUT2D eigenvalue weighted by Gasteiger charge is 2.50. The fraction of sp³-hybridized carbons (Fsp3) is 0.500. The van der Waals surface area contributed by atoms with E-state index in [0.717, 1.165) is 43.9 Å². The molecule has 4 rings (SSSR count). The van der Waals surface area contributed by atoms with E-state index in [-0.39, 0.29) is 16.2 Å². The van der Waals surface area contributed by atoms with Gasteiger partial charge in [0.25, 0.3) is 0 Å². The Hall–Kier alpha value is -2.07. The van der Waals surface area contributed by atoms with Crippen molar-refractivity contribution in [3.05, 3.63) is 58.8 Å². The molecular formula is C24H30N4OS. The lowest BCUT2D eigenvalue weighted by Gasteiger charge is -2.44. The van der Waals surface area contributed by atoms with Gasteiger partial charge in [-0.25, -0.2) is 4.98 Å². The van der Waals surface area contributed by atoms with Crippen LogP contribution in [-0.2, 0) is 17.8 Å². The Morgan fingerprint density at radius 2 is 1.93 bits per heavy atom. The first-order valence-corrected chi connectivity index (χ1v) is 11.8. The molecule has 1 N–H and O–H groups in total. The van der Waals surface area contributed by atoms with Gasteiger partial charge >= 0.3 is 0 Å². The molecule has 158 valence electrons. The number of hydrogen-bond donors (Lipinski definition) is 1. The van der Waals surface area contributed by atoms with E-state index in [2.05, 4.69) is 44.9 Å². The Balaban J connectivity index is 1.58. The Labute approximate surface area is 182 Å². The monoisotopic (exact) mass is 422 g/mol. The zero-order valence-corrected chi connectivity index (χ0v) is 19.1. The summed E-state index contributed by atoms with van der Waals surface area (Å²) in [5, 5.41) is 9.30. The van der Waals surface area contributed by atoms with Gasteiger partial charge in [-0.05, 0) is 70.2 Å². The van der Waals surface area contributed by atoms with Crippen LogP contribution >= 0.6 is 0 Å². The van der Waals surface area contributed by atoms with Crippen LogP contribution in [0.25, 0.3) is 0 Å². The number of fused-ring (bicyclic) bond motifs is 1. The topological polar surface area (TPSA) is 75.0 Å². The number of nitriles is 1. The molecule has 2 aromatic rings. The first-order chi connectivity index (χ1) is 14.2. The number of rotatable bonds is 3. The van der Waals surface area contributed by atoms with E-state index in [1.54, 1.807) is 0 Å². The van der Waals surface area contributed by atoms with E-state index in [9.17, 15) is 9.81 Å². The number of benzene rings is 1. The van der Waals surface area contributed by atoms with Crippen LogP contribution in [0.15, 0.2) is 36.4 Å². The van der Waals surface area contributed by atoms with Crippen molar-refractivity contribution in [2.75, 3.05) is 18.0 Å². The second-order valence-corrected chi connectivity index (χ2v) is 11.6. The lowest BCUT2D eigenvalue weighted by molar-refractivity contribution is 0.176. The van der Waals surface area contributed by atoms with Crippen molar-refractivity contribution in [3.63, 3.8) is 0 Å². The SMILES string of the molecule is Cc1cc(C#N)cc(N2CCC3(CC2)Cc2ccccc2[C@H]3N[S@+]([O-])C(C)(C)C)n1. The molecule has 5 nitrogen and oxygen atoms in total. The molecule has 1 aromatic carbocycles. The van der Waals surface area contributed by atoms with Gasteiger partial charge in [-0.1, -0.05) is 24.3 Å². The molecule has 0 amide bonds. The smallest absolute Gasteiger partial charge is 0.136 e. The predicted octanol–water partition coefficient (Wildman–Crippen LogP) is 4.20. The van der Waals surface area contributed by atoms with Gasteiger partial charge in [0, 0.05) is 35.6 Å². The Kier molecular flexibility index (Phi) is 5.56.